The van der Waals surface area contributed by atoms with Crippen LogP contribution >= 0.6 is 0 Å². The maximum Gasteiger partial charge on any atom is 0.347 e. The maximum atomic E-state index is 14.8. The van der Waals surface area contributed by atoms with Gasteiger partial charge < -0.3 is 24.4 Å². The van der Waals surface area contributed by atoms with Gasteiger partial charge in [0.2, 0.25) is 0 Å². The van der Waals surface area contributed by atoms with E-state index in [1.807, 2.05) is 0 Å². The first-order valence-corrected chi connectivity index (χ1v) is 18.0. The van der Waals surface area contributed by atoms with Crippen LogP contribution < -0.4 is 14.2 Å². The van der Waals surface area contributed by atoms with Gasteiger partial charge in [-0.3, -0.25) is 9.59 Å². The van der Waals surface area contributed by atoms with E-state index in [0.29, 0.717) is 18.2 Å². The zero-order chi connectivity index (χ0) is 43.7. The number of carboxylic acid groups (broad SMARTS) is 2. The zero-order valence-corrected chi connectivity index (χ0v) is 30.9. The van der Waals surface area contributed by atoms with E-state index >= 15 is 0 Å². The summed E-state index contributed by atoms with van der Waals surface area (Å²) < 4.78 is 101. The molecule has 1 aliphatic rings. The summed E-state index contributed by atoms with van der Waals surface area (Å²) in [7, 11) is 0. The van der Waals surface area contributed by atoms with Crippen LogP contribution in [0.3, 0.4) is 0 Å². The van der Waals surface area contributed by atoms with Crippen molar-refractivity contribution < 1.29 is 74.7 Å². The molecule has 10 nitrogen and oxygen atoms in total. The maximum absolute atomic E-state index is 14.8. The van der Waals surface area contributed by atoms with Crippen LogP contribution in [-0.4, -0.2) is 40.1 Å². The highest BCUT2D eigenvalue weighted by molar-refractivity contribution is 5.99. The van der Waals surface area contributed by atoms with Crippen molar-refractivity contribution in [2.24, 2.45) is 11.8 Å². The van der Waals surface area contributed by atoms with E-state index in [2.05, 4.69) is 0 Å². The predicted octanol–water partition coefficient (Wildman–Crippen LogP) is 9.67. The van der Waals surface area contributed by atoms with Gasteiger partial charge in [-0.25, -0.2) is 40.7 Å². The molecule has 7 rings (SSSR count). The molecule has 16 heteroatoms. The number of aromatic carboxylic acids is 2. The topological polar surface area (TPSA) is 154 Å². The standard InChI is InChI=1S/C45H26F6O10/c46-26-4-7-29(35(49)18-26)21-1-10-38(32(15-21)41(52)53)59-43(56)24-13-25(14-24)44(57)60-40-12-3-23(31-9-6-28(48)20-37(31)51)17-34(40)45(58)61-39-11-2-22(16-33(39)42(54)55)30-8-5-27(47)19-36(30)50/h1-12,15-20,24-25H,13-14H2,(H,52,53)(H,54,55). The fraction of sp³-hybridized carbons (Fsp3) is 0.0889. The van der Waals surface area contributed by atoms with Crippen LogP contribution in [0.25, 0.3) is 33.4 Å². The molecule has 1 aliphatic carbocycles. The van der Waals surface area contributed by atoms with E-state index < -0.39 is 105 Å². The van der Waals surface area contributed by atoms with Crippen LogP contribution in [0.1, 0.15) is 43.9 Å². The number of halogens is 6. The zero-order valence-electron chi connectivity index (χ0n) is 30.9. The molecule has 61 heavy (non-hydrogen) atoms. The molecule has 0 amide bonds. The highest BCUT2D eigenvalue weighted by Gasteiger charge is 2.42. The third-order valence-electron chi connectivity index (χ3n) is 9.77. The largest absolute Gasteiger partial charge is 0.478 e. The van der Waals surface area contributed by atoms with Gasteiger partial charge in [-0.05, 0) is 102 Å². The van der Waals surface area contributed by atoms with Crippen LogP contribution in [0, 0.1) is 46.7 Å². The lowest BCUT2D eigenvalue weighted by Gasteiger charge is -2.31. The summed E-state index contributed by atoms with van der Waals surface area (Å²) in [6.07, 6.45) is -0.277. The van der Waals surface area contributed by atoms with Crippen molar-refractivity contribution in [1.29, 1.82) is 0 Å². The van der Waals surface area contributed by atoms with Crippen molar-refractivity contribution in [3.05, 3.63) is 161 Å². The van der Waals surface area contributed by atoms with Gasteiger partial charge in [0.25, 0.3) is 0 Å². The Kier molecular flexibility index (Phi) is 11.4. The summed E-state index contributed by atoms with van der Waals surface area (Å²) in [6.45, 7) is 0. The smallest absolute Gasteiger partial charge is 0.347 e. The Hall–Kier alpha value is -7.75. The lowest BCUT2D eigenvalue weighted by molar-refractivity contribution is -0.151. The number of hydrogen-bond donors (Lipinski definition) is 2. The van der Waals surface area contributed by atoms with E-state index in [4.69, 9.17) is 14.2 Å². The molecular formula is C45H26F6O10. The SMILES string of the molecule is O=C(O)c1cc(-c2ccc(F)cc2F)ccc1OC(=O)c1cc(-c2ccc(F)cc2F)ccc1OC(=O)C1CC(C(=O)Oc2ccc(-c3ccc(F)cc3F)cc2C(=O)O)C1. The van der Waals surface area contributed by atoms with Crippen LogP contribution in [0.2, 0.25) is 0 Å². The molecule has 0 aliphatic heterocycles. The second kappa shape index (κ2) is 16.8. The van der Waals surface area contributed by atoms with Gasteiger partial charge in [0, 0.05) is 34.9 Å². The van der Waals surface area contributed by atoms with E-state index in [0.717, 1.165) is 72.8 Å². The summed E-state index contributed by atoms with van der Waals surface area (Å²) in [5.74, 6) is -15.0. The quantitative estimate of drug-likeness (QED) is 0.0733. The highest BCUT2D eigenvalue weighted by Crippen LogP contribution is 2.39. The molecule has 0 atom stereocenters. The van der Waals surface area contributed by atoms with Gasteiger partial charge in [-0.1, -0.05) is 18.2 Å². The number of hydrogen-bond acceptors (Lipinski definition) is 8. The second-order valence-corrected chi connectivity index (χ2v) is 13.7. The Morgan fingerprint density at radius 1 is 0.426 bits per heavy atom. The molecule has 0 radical (unpaired) electrons. The Morgan fingerprint density at radius 2 is 0.754 bits per heavy atom. The van der Waals surface area contributed by atoms with Gasteiger partial charge in [0.05, 0.1) is 11.8 Å². The molecular weight excluding hydrogens is 814 g/mol. The normalized spacial score (nSPS) is 14.4. The van der Waals surface area contributed by atoms with E-state index in [1.54, 1.807) is 0 Å². The van der Waals surface area contributed by atoms with Crippen molar-refractivity contribution in [1.82, 2.24) is 0 Å². The summed E-state index contributed by atoms with van der Waals surface area (Å²) in [4.78, 5) is 64.4. The number of ether oxygens (including phenoxy) is 3. The average molecular weight is 841 g/mol. The van der Waals surface area contributed by atoms with Crippen LogP contribution in [0.15, 0.2) is 109 Å². The first kappa shape index (κ1) is 41.4. The molecule has 0 unspecified atom stereocenters. The Morgan fingerprint density at radius 3 is 1.10 bits per heavy atom. The van der Waals surface area contributed by atoms with Crippen LogP contribution in [-0.2, 0) is 9.59 Å². The molecule has 1 saturated carbocycles. The third kappa shape index (κ3) is 8.83. The molecule has 0 spiro atoms. The minimum Gasteiger partial charge on any atom is -0.478 e. The lowest BCUT2D eigenvalue weighted by Crippen LogP contribution is -2.39. The molecule has 308 valence electrons. The third-order valence-corrected chi connectivity index (χ3v) is 9.77. The summed E-state index contributed by atoms with van der Waals surface area (Å²) in [5.41, 5.74) is -2.00. The molecule has 2 N–H and O–H groups in total. The van der Waals surface area contributed by atoms with Crippen molar-refractivity contribution in [3.8, 4) is 50.6 Å². The number of rotatable bonds is 11. The fourth-order valence-electron chi connectivity index (χ4n) is 6.57. The van der Waals surface area contributed by atoms with Gasteiger partial charge >= 0.3 is 29.8 Å². The molecule has 6 aromatic carbocycles. The number of carbonyl (C=O) groups excluding carboxylic acids is 3. The molecule has 0 aromatic heterocycles. The van der Waals surface area contributed by atoms with Crippen molar-refractivity contribution in [2.75, 3.05) is 0 Å². The van der Waals surface area contributed by atoms with Crippen molar-refractivity contribution >= 4 is 29.8 Å². The minimum absolute atomic E-state index is 0.000403. The molecule has 0 bridgehead atoms. The lowest BCUT2D eigenvalue weighted by atomic mass is 9.75. The molecule has 0 heterocycles. The Labute approximate surface area is 340 Å². The van der Waals surface area contributed by atoms with E-state index in [1.165, 1.54) is 18.2 Å². The predicted molar refractivity (Wildman–Crippen MR) is 202 cm³/mol. The minimum atomic E-state index is -1.60. The average Bonchev–Trinajstić information content (AvgIpc) is 3.18. The summed E-state index contributed by atoms with van der Waals surface area (Å²) in [6, 6.07) is 18.1. The van der Waals surface area contributed by atoms with Gasteiger partial charge in [-0.15, -0.1) is 0 Å². The first-order chi connectivity index (χ1) is 29.1. The second-order valence-electron chi connectivity index (χ2n) is 13.7. The van der Waals surface area contributed by atoms with Crippen LogP contribution in [0.5, 0.6) is 17.2 Å². The number of carboxylic acids is 2. The van der Waals surface area contributed by atoms with Gasteiger partial charge in [0.15, 0.2) is 0 Å². The Bertz CT molecular complexity index is 2800. The highest BCUT2D eigenvalue weighted by atomic mass is 19.2. The van der Waals surface area contributed by atoms with E-state index in [-0.39, 0.29) is 52.0 Å². The molecule has 6 aromatic rings. The molecule has 1 fully saturated rings. The first-order valence-electron chi connectivity index (χ1n) is 18.0. The molecule has 0 saturated heterocycles. The van der Waals surface area contributed by atoms with E-state index in [9.17, 15) is 60.5 Å². The van der Waals surface area contributed by atoms with Crippen molar-refractivity contribution in [2.45, 2.75) is 12.8 Å². The van der Waals surface area contributed by atoms with Gasteiger partial charge in [0.1, 0.15) is 68.8 Å². The summed E-state index contributed by atoms with van der Waals surface area (Å²) in [5, 5.41) is 19.7. The Balaban J connectivity index is 1.09. The van der Waals surface area contributed by atoms with Gasteiger partial charge in [-0.2, -0.15) is 0 Å². The summed E-state index contributed by atoms with van der Waals surface area (Å²) >= 11 is 0. The number of benzene rings is 6. The fourth-order valence-corrected chi connectivity index (χ4v) is 6.57. The van der Waals surface area contributed by atoms with Crippen molar-refractivity contribution in [3.63, 3.8) is 0 Å². The monoisotopic (exact) mass is 840 g/mol. The van der Waals surface area contributed by atoms with Crippen LogP contribution in [0.4, 0.5) is 26.3 Å². The number of esters is 3. The number of carbonyl (C=O) groups is 5.